The van der Waals surface area contributed by atoms with Gasteiger partial charge in [0.25, 0.3) is 0 Å². The Morgan fingerprint density at radius 2 is 2.00 bits per heavy atom. The average Bonchev–Trinajstić information content (AvgIpc) is 1.37. The molecule has 0 bridgehead atoms. The van der Waals surface area contributed by atoms with E-state index >= 15 is 0 Å². The third kappa shape index (κ3) is 10.7. The zero-order valence-electron chi connectivity index (χ0n) is 2.03. The van der Waals surface area contributed by atoms with Crippen LogP contribution in [0.5, 0.6) is 0 Å². The van der Waals surface area contributed by atoms with Gasteiger partial charge in [0, 0.05) is 16.5 Å². The monoisotopic (exact) mass is 188 g/mol. The van der Waals surface area contributed by atoms with Gasteiger partial charge < -0.3 is 0 Å². The minimum atomic E-state index is 0. The minimum Gasteiger partial charge on any atom is -0.0997 e. The number of hydrogen-bond acceptors (Lipinski definition) is 3. The van der Waals surface area contributed by atoms with E-state index in [2.05, 4.69) is 22.8 Å². The second-order valence-corrected chi connectivity index (χ2v) is 4.22. The van der Waals surface area contributed by atoms with Crippen molar-refractivity contribution in [1.82, 2.24) is 0 Å². The summed E-state index contributed by atoms with van der Waals surface area (Å²) >= 11 is 8.13. The maximum atomic E-state index is 4.41. The molecular weight excluding hydrogens is 187 g/mol. The van der Waals surface area contributed by atoms with Crippen molar-refractivity contribution in [3.63, 3.8) is 0 Å². The molecule has 0 unspecified atom stereocenters. The summed E-state index contributed by atoms with van der Waals surface area (Å²) in [5.74, 6) is 0. The molecule has 0 nitrogen and oxygen atoms in total. The van der Waals surface area contributed by atoms with Gasteiger partial charge in [-0.05, 0) is 21.0 Å². The number of rotatable bonds is 1. The van der Waals surface area contributed by atoms with Crippen LogP contribution in [0.4, 0.5) is 0 Å². The van der Waals surface area contributed by atoms with Gasteiger partial charge in [-0.1, -0.05) is 21.0 Å². The van der Waals surface area contributed by atoms with Crippen LogP contribution in [0, 0.1) is 0 Å². The summed E-state index contributed by atoms with van der Waals surface area (Å²) in [6.07, 6.45) is 0. The van der Waals surface area contributed by atoms with Gasteiger partial charge in [-0.25, -0.2) is 0 Å². The first-order valence-electron chi connectivity index (χ1n) is 0.548. The van der Waals surface area contributed by atoms with Crippen molar-refractivity contribution < 1.29 is 16.5 Å². The topological polar surface area (TPSA) is 0 Å². The van der Waals surface area contributed by atoms with E-state index in [1.54, 1.807) is 0 Å². The summed E-state index contributed by atoms with van der Waals surface area (Å²) in [5, 5.41) is 0. The SMILES string of the molecule is S=[SH]SS.[Ni]. The van der Waals surface area contributed by atoms with Crippen molar-refractivity contribution in [3.05, 3.63) is 0 Å². The standard InChI is InChI=1S/Ni.H2S4/c;1-3-4-2/h;1,4H. The first-order chi connectivity index (χ1) is 1.91. The van der Waals surface area contributed by atoms with Crippen molar-refractivity contribution in [2.24, 2.45) is 0 Å². The molecule has 0 fully saturated rings. The molecule has 0 N–H and O–H groups in total. The van der Waals surface area contributed by atoms with E-state index in [4.69, 9.17) is 0 Å². The average molecular weight is 189 g/mol. The van der Waals surface area contributed by atoms with Gasteiger partial charge >= 0.3 is 0 Å². The normalized spacial score (nSPS) is 5.80. The summed E-state index contributed by atoms with van der Waals surface area (Å²) in [4.78, 5) is 0. The van der Waals surface area contributed by atoms with E-state index in [1.807, 2.05) is 0 Å². The molecule has 0 heterocycles. The first kappa shape index (κ1) is 9.90. The van der Waals surface area contributed by atoms with E-state index in [9.17, 15) is 0 Å². The molecular formula is H2NiS4. The van der Waals surface area contributed by atoms with E-state index in [0.29, 0.717) is 0 Å². The Hall–Kier alpha value is 1.76. The van der Waals surface area contributed by atoms with Gasteiger partial charge in [0.05, 0.1) is 0 Å². The van der Waals surface area contributed by atoms with Crippen LogP contribution >= 0.6 is 21.5 Å². The van der Waals surface area contributed by atoms with Crippen molar-refractivity contribution in [2.75, 3.05) is 0 Å². The molecule has 0 radical (unpaired) electrons. The fourth-order valence-corrected chi connectivity index (χ4v) is 0. The molecule has 0 saturated heterocycles. The zero-order valence-corrected chi connectivity index (χ0v) is 6.44. The van der Waals surface area contributed by atoms with Crippen molar-refractivity contribution in [3.8, 4) is 0 Å². The van der Waals surface area contributed by atoms with Gasteiger partial charge in [0.1, 0.15) is 0 Å². The third-order valence-electron chi connectivity index (χ3n) is 0.0333. The Morgan fingerprint density at radius 1 is 1.80 bits per heavy atom. The van der Waals surface area contributed by atoms with Gasteiger partial charge in [0.2, 0.25) is 0 Å². The Labute approximate surface area is 58.2 Å². The van der Waals surface area contributed by atoms with Gasteiger partial charge in [0.15, 0.2) is 0 Å². The van der Waals surface area contributed by atoms with Crippen molar-refractivity contribution in [2.45, 2.75) is 0 Å². The first-order valence-corrected chi connectivity index (χ1v) is 4.93. The summed E-state index contributed by atoms with van der Waals surface area (Å²) in [7, 11) is 2.20. The fourth-order valence-electron chi connectivity index (χ4n) is 0. The molecule has 0 atom stereocenters. The Morgan fingerprint density at radius 3 is 2.00 bits per heavy atom. The molecule has 5 heteroatoms. The molecule has 0 rings (SSSR count). The maximum absolute atomic E-state index is 4.41. The van der Waals surface area contributed by atoms with Crippen LogP contribution in [0.2, 0.25) is 0 Å². The van der Waals surface area contributed by atoms with E-state index in [-0.39, 0.29) is 16.5 Å². The zero-order chi connectivity index (χ0) is 3.41. The molecule has 0 amide bonds. The Bertz CT molecular complexity index is 17.6. The van der Waals surface area contributed by atoms with Crippen LogP contribution in [0.3, 0.4) is 0 Å². The molecule has 36 valence electrons. The van der Waals surface area contributed by atoms with Crippen molar-refractivity contribution in [1.29, 1.82) is 0 Å². The molecule has 0 aliphatic rings. The summed E-state index contributed by atoms with van der Waals surface area (Å²) in [6.45, 7) is 0. The van der Waals surface area contributed by atoms with Crippen molar-refractivity contribution >= 4 is 42.0 Å². The quantitative estimate of drug-likeness (QED) is 0.355. The van der Waals surface area contributed by atoms with Crippen LogP contribution in [0.25, 0.3) is 0 Å². The molecule has 0 aromatic carbocycles. The smallest absolute Gasteiger partial charge is 0 e. The van der Waals surface area contributed by atoms with Crippen LogP contribution in [0.1, 0.15) is 0 Å². The fraction of sp³-hybridized carbons (Fsp3) is 0. The largest absolute Gasteiger partial charge is 0.0997 e. The Balaban J connectivity index is 0. The van der Waals surface area contributed by atoms with E-state index in [1.165, 1.54) is 9.83 Å². The molecule has 0 aromatic rings. The molecule has 0 aliphatic carbocycles. The molecule has 0 saturated carbocycles. The molecule has 0 aromatic heterocycles. The molecule has 0 spiro atoms. The maximum Gasteiger partial charge on any atom is 0 e. The third-order valence-corrected chi connectivity index (χ3v) is 2.70. The second-order valence-electron chi connectivity index (χ2n) is 0.156. The summed E-state index contributed by atoms with van der Waals surface area (Å²) < 4.78 is 0. The van der Waals surface area contributed by atoms with Crippen LogP contribution in [-0.2, 0) is 37.0 Å². The van der Waals surface area contributed by atoms with E-state index < -0.39 is 0 Å². The predicted molar refractivity (Wildman–Crippen MR) is 32.7 cm³/mol. The van der Waals surface area contributed by atoms with Gasteiger partial charge in [-0.2, -0.15) is 0 Å². The summed E-state index contributed by atoms with van der Waals surface area (Å²) in [6, 6.07) is 0. The molecule has 0 aliphatic heterocycles. The van der Waals surface area contributed by atoms with Crippen LogP contribution in [-0.4, -0.2) is 0 Å². The number of thiol groups is 2. The summed E-state index contributed by atoms with van der Waals surface area (Å²) in [5.41, 5.74) is 0. The minimum absolute atomic E-state index is 0. The second kappa shape index (κ2) is 9.23. The van der Waals surface area contributed by atoms with Gasteiger partial charge in [-0.15, -0.1) is 0 Å². The predicted octanol–water partition coefficient (Wildman–Crippen LogP) is 0.754. The number of hydrogen-bond donors (Lipinski definition) is 2. The van der Waals surface area contributed by atoms with E-state index in [0.717, 1.165) is 9.35 Å². The Kier molecular flexibility index (Phi) is 18.3. The molecule has 5 heavy (non-hydrogen) atoms. The van der Waals surface area contributed by atoms with Crippen LogP contribution < -0.4 is 0 Å². The van der Waals surface area contributed by atoms with Crippen LogP contribution in [0.15, 0.2) is 0 Å². The van der Waals surface area contributed by atoms with Gasteiger partial charge in [-0.3, -0.25) is 0 Å².